The van der Waals surface area contributed by atoms with Crippen molar-refractivity contribution in [3.05, 3.63) is 53.3 Å². The van der Waals surface area contributed by atoms with Crippen molar-refractivity contribution in [1.82, 2.24) is 14.8 Å². The van der Waals surface area contributed by atoms with E-state index in [1.165, 1.54) is 12.1 Å². The smallest absolute Gasteiger partial charge is 0.256 e. The number of piperazine rings is 1. The number of aromatic nitrogens is 1. The Hall–Kier alpha value is -3.26. The third-order valence-corrected chi connectivity index (χ3v) is 6.38. The number of benzene rings is 2. The Bertz CT molecular complexity index is 1230. The molecule has 0 radical (unpaired) electrons. The molecule has 5 rings (SSSR count). The first-order valence-corrected chi connectivity index (χ1v) is 10.8. The maximum absolute atomic E-state index is 14.9. The van der Waals surface area contributed by atoms with Crippen molar-refractivity contribution in [3.8, 4) is 11.5 Å². The van der Waals surface area contributed by atoms with Gasteiger partial charge in [-0.05, 0) is 62.6 Å². The van der Waals surface area contributed by atoms with Gasteiger partial charge in [-0.3, -0.25) is 9.59 Å². The van der Waals surface area contributed by atoms with Gasteiger partial charge in [0.05, 0.1) is 11.1 Å². The van der Waals surface area contributed by atoms with E-state index in [1.807, 2.05) is 32.0 Å². The minimum atomic E-state index is -0.730. The zero-order valence-electron chi connectivity index (χ0n) is 18.1. The highest BCUT2D eigenvalue weighted by Gasteiger charge is 2.49. The van der Waals surface area contributed by atoms with Crippen molar-refractivity contribution >= 4 is 22.9 Å². The molecule has 2 heterocycles. The van der Waals surface area contributed by atoms with Crippen LogP contribution in [0.2, 0.25) is 0 Å². The number of hydrogen-bond donors (Lipinski definition) is 1. The Morgan fingerprint density at radius 2 is 1.97 bits per heavy atom. The highest BCUT2D eigenvalue weighted by molar-refractivity contribution is 5.95. The number of rotatable bonds is 3. The number of oxazole rings is 1. The SMILES string of the molecule is Cc1ccc2nc(-c3ccc(C(=O)N4CCN(C(=O)C5(N)CC5)[C@@H](C)C4)c(F)c3)oc2c1. The van der Waals surface area contributed by atoms with Crippen LogP contribution in [0.4, 0.5) is 4.39 Å². The topological polar surface area (TPSA) is 92.7 Å². The van der Waals surface area contributed by atoms with E-state index in [1.54, 1.807) is 15.9 Å². The Balaban J connectivity index is 1.32. The van der Waals surface area contributed by atoms with E-state index in [0.717, 1.165) is 5.56 Å². The molecule has 32 heavy (non-hydrogen) atoms. The van der Waals surface area contributed by atoms with Crippen LogP contribution in [0.25, 0.3) is 22.6 Å². The molecule has 2 aromatic carbocycles. The van der Waals surface area contributed by atoms with Crippen LogP contribution in [0, 0.1) is 12.7 Å². The summed E-state index contributed by atoms with van der Waals surface area (Å²) in [6.07, 6.45) is 1.41. The predicted molar refractivity (Wildman–Crippen MR) is 117 cm³/mol. The third-order valence-electron chi connectivity index (χ3n) is 6.38. The van der Waals surface area contributed by atoms with Gasteiger partial charge in [-0.25, -0.2) is 9.37 Å². The van der Waals surface area contributed by atoms with E-state index >= 15 is 0 Å². The zero-order valence-corrected chi connectivity index (χ0v) is 18.1. The Kier molecular flexibility index (Phi) is 4.78. The lowest BCUT2D eigenvalue weighted by Gasteiger charge is -2.41. The van der Waals surface area contributed by atoms with Gasteiger partial charge in [0.1, 0.15) is 11.3 Å². The molecule has 3 aromatic rings. The summed E-state index contributed by atoms with van der Waals surface area (Å²) in [5, 5.41) is 0. The first-order chi connectivity index (χ1) is 15.2. The van der Waals surface area contributed by atoms with Crippen LogP contribution in [0.5, 0.6) is 0 Å². The molecule has 0 unspecified atom stereocenters. The van der Waals surface area contributed by atoms with Gasteiger partial charge in [0.15, 0.2) is 5.58 Å². The van der Waals surface area contributed by atoms with Crippen LogP contribution in [-0.2, 0) is 4.79 Å². The molecule has 7 nitrogen and oxygen atoms in total. The highest BCUT2D eigenvalue weighted by atomic mass is 19.1. The number of nitrogens with two attached hydrogens (primary N) is 1. The number of carbonyl (C=O) groups excluding carboxylic acids is 2. The van der Waals surface area contributed by atoms with Gasteiger partial charge in [-0.15, -0.1) is 0 Å². The van der Waals surface area contributed by atoms with Crippen molar-refractivity contribution in [2.45, 2.75) is 38.3 Å². The van der Waals surface area contributed by atoms with Gasteiger partial charge >= 0.3 is 0 Å². The molecule has 1 atom stereocenters. The molecule has 2 aliphatic rings. The van der Waals surface area contributed by atoms with Crippen LogP contribution in [0.3, 0.4) is 0 Å². The number of amides is 2. The molecule has 2 amide bonds. The molecular formula is C24H25FN4O3. The molecule has 166 valence electrons. The minimum Gasteiger partial charge on any atom is -0.436 e. The highest BCUT2D eigenvalue weighted by Crippen LogP contribution is 2.35. The predicted octanol–water partition coefficient (Wildman–Crippen LogP) is 3.11. The Labute approximate surface area is 185 Å². The average molecular weight is 436 g/mol. The maximum atomic E-state index is 14.9. The normalized spacial score (nSPS) is 19.9. The van der Waals surface area contributed by atoms with Gasteiger partial charge in [0.25, 0.3) is 5.91 Å². The molecule has 0 bridgehead atoms. The second-order valence-electron chi connectivity index (χ2n) is 8.94. The van der Waals surface area contributed by atoms with Crippen molar-refractivity contribution in [3.63, 3.8) is 0 Å². The van der Waals surface area contributed by atoms with Crippen LogP contribution < -0.4 is 5.73 Å². The molecule has 1 aliphatic carbocycles. The van der Waals surface area contributed by atoms with Crippen molar-refractivity contribution < 1.29 is 18.4 Å². The molecule has 1 aliphatic heterocycles. The molecule has 2 N–H and O–H groups in total. The van der Waals surface area contributed by atoms with Crippen LogP contribution in [-0.4, -0.2) is 57.8 Å². The molecule has 2 fully saturated rings. The first-order valence-electron chi connectivity index (χ1n) is 10.8. The van der Waals surface area contributed by atoms with E-state index < -0.39 is 17.3 Å². The lowest BCUT2D eigenvalue weighted by Crippen LogP contribution is -2.59. The number of fused-ring (bicyclic) bond motifs is 1. The van der Waals surface area contributed by atoms with Crippen molar-refractivity contribution in [1.29, 1.82) is 0 Å². The summed E-state index contributed by atoms with van der Waals surface area (Å²) in [6, 6.07) is 9.88. The van der Waals surface area contributed by atoms with Gasteiger partial charge in [-0.1, -0.05) is 6.07 Å². The lowest BCUT2D eigenvalue weighted by atomic mass is 10.1. The van der Waals surface area contributed by atoms with Gasteiger partial charge in [-0.2, -0.15) is 0 Å². The second kappa shape index (κ2) is 7.41. The summed E-state index contributed by atoms with van der Waals surface area (Å²) in [5.74, 6) is -0.771. The number of aryl methyl sites for hydroxylation is 1. The number of hydrogen-bond acceptors (Lipinski definition) is 5. The summed E-state index contributed by atoms with van der Waals surface area (Å²) in [4.78, 5) is 33.3. The first kappa shape index (κ1) is 20.6. The number of halogens is 1. The summed E-state index contributed by atoms with van der Waals surface area (Å²) >= 11 is 0. The summed E-state index contributed by atoms with van der Waals surface area (Å²) in [7, 11) is 0. The monoisotopic (exact) mass is 436 g/mol. The second-order valence-corrected chi connectivity index (χ2v) is 8.94. The van der Waals surface area contributed by atoms with E-state index in [9.17, 15) is 14.0 Å². The Morgan fingerprint density at radius 3 is 2.66 bits per heavy atom. The van der Waals surface area contributed by atoms with Gasteiger partial charge in [0.2, 0.25) is 11.8 Å². The quantitative estimate of drug-likeness (QED) is 0.681. The van der Waals surface area contributed by atoms with Crippen LogP contribution in [0.1, 0.15) is 35.7 Å². The van der Waals surface area contributed by atoms with E-state index in [4.69, 9.17) is 10.2 Å². The molecule has 8 heteroatoms. The molecule has 1 aromatic heterocycles. The minimum absolute atomic E-state index is 0.00910. The maximum Gasteiger partial charge on any atom is 0.256 e. The molecular weight excluding hydrogens is 411 g/mol. The van der Waals surface area contributed by atoms with Gasteiger partial charge in [0, 0.05) is 31.2 Å². The molecule has 1 saturated carbocycles. The third kappa shape index (κ3) is 3.54. The summed E-state index contributed by atoms with van der Waals surface area (Å²) in [6.45, 7) is 4.92. The Morgan fingerprint density at radius 1 is 1.19 bits per heavy atom. The fourth-order valence-electron chi connectivity index (χ4n) is 4.23. The van der Waals surface area contributed by atoms with Crippen molar-refractivity contribution in [2.75, 3.05) is 19.6 Å². The fraction of sp³-hybridized carbons (Fsp3) is 0.375. The van der Waals surface area contributed by atoms with Crippen molar-refractivity contribution in [2.24, 2.45) is 5.73 Å². The standard InChI is InChI=1S/C24H25FN4O3/c1-14-3-6-19-20(11-14)32-21(27-19)16-4-5-17(18(25)12-16)22(30)28-9-10-29(15(2)13-28)23(31)24(26)7-8-24/h3-6,11-12,15H,7-10,13,26H2,1-2H3/t15-/m0/s1. The van der Waals surface area contributed by atoms with E-state index in [0.29, 0.717) is 55.0 Å². The average Bonchev–Trinajstić information content (AvgIpc) is 3.38. The zero-order chi connectivity index (χ0) is 22.6. The largest absolute Gasteiger partial charge is 0.436 e. The van der Waals surface area contributed by atoms with E-state index in [2.05, 4.69) is 4.98 Å². The van der Waals surface area contributed by atoms with Gasteiger partial charge < -0.3 is 20.0 Å². The molecule has 0 spiro atoms. The van der Waals surface area contributed by atoms with E-state index in [-0.39, 0.29) is 17.5 Å². The van der Waals surface area contributed by atoms with Crippen LogP contribution >= 0.6 is 0 Å². The molecule has 1 saturated heterocycles. The van der Waals surface area contributed by atoms with Crippen LogP contribution in [0.15, 0.2) is 40.8 Å². The summed E-state index contributed by atoms with van der Waals surface area (Å²) in [5.41, 5.74) is 8.14. The lowest BCUT2D eigenvalue weighted by molar-refractivity contribution is -0.137. The number of nitrogens with zero attached hydrogens (tertiary/aromatic N) is 3. The fourth-order valence-corrected chi connectivity index (χ4v) is 4.23. The summed E-state index contributed by atoms with van der Waals surface area (Å²) < 4.78 is 20.7. The number of carbonyl (C=O) groups is 2.